The molecule has 140 valence electrons. The minimum Gasteiger partial charge on any atom is -0.408 e. The van der Waals surface area contributed by atoms with E-state index >= 15 is 0 Å². The fraction of sp³-hybridized carbons (Fsp3) is 0.316. The molecule has 3 heterocycles. The normalized spacial score (nSPS) is 14.7. The summed E-state index contributed by atoms with van der Waals surface area (Å²) in [6.45, 7) is 1.99. The van der Waals surface area contributed by atoms with Crippen molar-refractivity contribution in [3.63, 3.8) is 0 Å². The number of H-pyrrole nitrogens is 1. The van der Waals surface area contributed by atoms with E-state index in [-0.39, 0.29) is 11.8 Å². The largest absolute Gasteiger partial charge is 0.419 e. The van der Waals surface area contributed by atoms with Crippen LogP contribution in [0.3, 0.4) is 0 Å². The van der Waals surface area contributed by atoms with Gasteiger partial charge in [0, 0.05) is 50.7 Å². The number of carbonyl (C=O) groups excluding carboxylic acids is 2. The first kappa shape index (κ1) is 17.1. The van der Waals surface area contributed by atoms with Crippen molar-refractivity contribution in [2.75, 3.05) is 26.2 Å². The zero-order chi connectivity index (χ0) is 19.0. The summed E-state index contributed by atoms with van der Waals surface area (Å²) in [5.41, 5.74) is 2.44. The van der Waals surface area contributed by atoms with Crippen molar-refractivity contribution in [2.45, 2.75) is 6.42 Å². The molecule has 0 bridgehead atoms. The van der Waals surface area contributed by atoms with E-state index in [2.05, 4.69) is 4.98 Å². The molecule has 2 amide bonds. The van der Waals surface area contributed by atoms with Gasteiger partial charge in [-0.3, -0.25) is 14.2 Å². The predicted octanol–water partition coefficient (Wildman–Crippen LogP) is 0.987. The van der Waals surface area contributed by atoms with Gasteiger partial charge >= 0.3 is 5.76 Å². The van der Waals surface area contributed by atoms with E-state index in [0.29, 0.717) is 49.3 Å². The highest BCUT2D eigenvalue weighted by atomic mass is 16.4. The van der Waals surface area contributed by atoms with Crippen molar-refractivity contribution < 1.29 is 14.0 Å². The van der Waals surface area contributed by atoms with Crippen LogP contribution in [0.4, 0.5) is 0 Å². The molecule has 1 N–H and O–H groups in total. The predicted molar refractivity (Wildman–Crippen MR) is 98.4 cm³/mol. The molecule has 0 unspecified atom stereocenters. The number of hydrogen-bond donors (Lipinski definition) is 1. The van der Waals surface area contributed by atoms with Crippen molar-refractivity contribution in [1.82, 2.24) is 19.4 Å². The van der Waals surface area contributed by atoms with Gasteiger partial charge in [0.1, 0.15) is 0 Å². The number of aryl methyl sites for hydroxylation is 1. The van der Waals surface area contributed by atoms with E-state index in [1.165, 1.54) is 4.57 Å². The summed E-state index contributed by atoms with van der Waals surface area (Å²) in [4.78, 5) is 43.3. The van der Waals surface area contributed by atoms with E-state index < -0.39 is 5.76 Å². The lowest BCUT2D eigenvalue weighted by molar-refractivity contribution is -0.132. The minimum atomic E-state index is -0.455. The van der Waals surface area contributed by atoms with Gasteiger partial charge in [0.25, 0.3) is 5.91 Å². The first-order valence-electron chi connectivity index (χ1n) is 8.82. The Morgan fingerprint density at radius 2 is 1.85 bits per heavy atom. The molecule has 3 aromatic rings. The number of amides is 2. The van der Waals surface area contributed by atoms with Gasteiger partial charge in [-0.25, -0.2) is 4.79 Å². The lowest BCUT2D eigenvalue weighted by atomic mass is 10.1. The van der Waals surface area contributed by atoms with Crippen LogP contribution in [-0.4, -0.2) is 57.3 Å². The van der Waals surface area contributed by atoms with Gasteiger partial charge < -0.3 is 19.2 Å². The van der Waals surface area contributed by atoms with E-state index in [1.807, 2.05) is 12.1 Å². The quantitative estimate of drug-likeness (QED) is 0.746. The number of hydrogen-bond acceptors (Lipinski definition) is 4. The standard InChI is InChI=1S/C19H20N4O4/c1-21-15-11-13(4-5-16(15)27-19(21)26)18(25)23-9-7-22(8-10-23)17(24)12-14-3-2-6-20-14/h2-6,11,20H,7-10,12H2,1H3. The van der Waals surface area contributed by atoms with Crippen LogP contribution >= 0.6 is 0 Å². The zero-order valence-corrected chi connectivity index (χ0v) is 15.0. The summed E-state index contributed by atoms with van der Waals surface area (Å²) >= 11 is 0. The Labute approximate surface area is 155 Å². The number of nitrogens with one attached hydrogen (secondary N) is 1. The molecule has 0 aliphatic carbocycles. The molecule has 1 aromatic carbocycles. The maximum Gasteiger partial charge on any atom is 0.419 e. The van der Waals surface area contributed by atoms with Gasteiger partial charge in [0.15, 0.2) is 5.58 Å². The number of carbonyl (C=O) groups is 2. The third kappa shape index (κ3) is 3.25. The molecule has 8 heteroatoms. The average Bonchev–Trinajstić information content (AvgIpc) is 3.29. The van der Waals surface area contributed by atoms with Crippen molar-refractivity contribution >= 4 is 22.9 Å². The molecule has 2 aromatic heterocycles. The van der Waals surface area contributed by atoms with Gasteiger partial charge in [0.2, 0.25) is 5.91 Å². The first-order chi connectivity index (χ1) is 13.0. The van der Waals surface area contributed by atoms with Gasteiger partial charge in [-0.2, -0.15) is 0 Å². The molecule has 0 saturated carbocycles. The molecule has 0 radical (unpaired) electrons. The maximum absolute atomic E-state index is 12.8. The summed E-state index contributed by atoms with van der Waals surface area (Å²) < 4.78 is 6.48. The van der Waals surface area contributed by atoms with Crippen LogP contribution in [0.15, 0.2) is 45.7 Å². The van der Waals surface area contributed by atoms with Crippen molar-refractivity contribution in [2.24, 2.45) is 7.05 Å². The molecule has 0 spiro atoms. The van der Waals surface area contributed by atoms with E-state index in [0.717, 1.165) is 5.69 Å². The van der Waals surface area contributed by atoms with E-state index in [4.69, 9.17) is 4.42 Å². The lowest BCUT2D eigenvalue weighted by Crippen LogP contribution is -2.51. The number of aromatic amines is 1. The van der Waals surface area contributed by atoms with Gasteiger partial charge in [-0.05, 0) is 30.3 Å². The lowest BCUT2D eigenvalue weighted by Gasteiger charge is -2.34. The second-order valence-electron chi connectivity index (χ2n) is 6.65. The zero-order valence-electron chi connectivity index (χ0n) is 15.0. The number of aromatic nitrogens is 2. The fourth-order valence-corrected chi connectivity index (χ4v) is 3.35. The van der Waals surface area contributed by atoms with Gasteiger partial charge in [-0.15, -0.1) is 0 Å². The number of nitrogens with zero attached hydrogens (tertiary/aromatic N) is 3. The minimum absolute atomic E-state index is 0.0550. The highest BCUT2D eigenvalue weighted by Gasteiger charge is 2.25. The monoisotopic (exact) mass is 368 g/mol. The van der Waals surface area contributed by atoms with E-state index in [1.54, 1.807) is 41.2 Å². The maximum atomic E-state index is 12.8. The first-order valence-corrected chi connectivity index (χ1v) is 8.82. The SMILES string of the molecule is Cn1c(=O)oc2ccc(C(=O)N3CCN(C(=O)Cc4ccc[nH]4)CC3)cc21. The molecule has 1 fully saturated rings. The third-order valence-corrected chi connectivity index (χ3v) is 4.96. The summed E-state index contributed by atoms with van der Waals surface area (Å²) in [6.07, 6.45) is 2.14. The van der Waals surface area contributed by atoms with E-state index in [9.17, 15) is 14.4 Å². The van der Waals surface area contributed by atoms with Crippen LogP contribution in [-0.2, 0) is 18.3 Å². The number of fused-ring (bicyclic) bond motifs is 1. The molecule has 8 nitrogen and oxygen atoms in total. The van der Waals surface area contributed by atoms with Gasteiger partial charge in [-0.1, -0.05) is 0 Å². The molecule has 1 aliphatic heterocycles. The highest BCUT2D eigenvalue weighted by molar-refractivity contribution is 5.97. The van der Waals surface area contributed by atoms with Crippen LogP contribution in [0, 0.1) is 0 Å². The van der Waals surface area contributed by atoms with Crippen molar-refractivity contribution in [3.8, 4) is 0 Å². The molecular formula is C19H20N4O4. The van der Waals surface area contributed by atoms with Crippen molar-refractivity contribution in [3.05, 3.63) is 58.3 Å². The molecule has 0 atom stereocenters. The van der Waals surface area contributed by atoms with Crippen LogP contribution in [0.5, 0.6) is 0 Å². The molecule has 1 aliphatic rings. The van der Waals surface area contributed by atoms with Crippen LogP contribution in [0.2, 0.25) is 0 Å². The Bertz CT molecular complexity index is 1040. The number of piperazine rings is 1. The van der Waals surface area contributed by atoms with Crippen LogP contribution in [0.1, 0.15) is 16.1 Å². The summed E-state index contributed by atoms with van der Waals surface area (Å²) in [5.74, 6) is -0.509. The second kappa shape index (κ2) is 6.79. The molecule has 1 saturated heterocycles. The van der Waals surface area contributed by atoms with Crippen LogP contribution in [0.25, 0.3) is 11.1 Å². The molecule has 4 rings (SSSR count). The Hall–Kier alpha value is -3.29. The smallest absolute Gasteiger partial charge is 0.408 e. The van der Waals surface area contributed by atoms with Gasteiger partial charge in [0.05, 0.1) is 11.9 Å². The van der Waals surface area contributed by atoms with Crippen molar-refractivity contribution in [1.29, 1.82) is 0 Å². The highest BCUT2D eigenvalue weighted by Crippen LogP contribution is 2.17. The summed E-state index contributed by atoms with van der Waals surface area (Å²) in [6, 6.07) is 8.73. The Morgan fingerprint density at radius 3 is 2.56 bits per heavy atom. The number of oxazole rings is 1. The Kier molecular flexibility index (Phi) is 4.31. The van der Waals surface area contributed by atoms with Crippen LogP contribution < -0.4 is 5.76 Å². The summed E-state index contributed by atoms with van der Waals surface area (Å²) in [5, 5.41) is 0. The average molecular weight is 368 g/mol. The second-order valence-corrected chi connectivity index (χ2v) is 6.65. The number of benzene rings is 1. The topological polar surface area (TPSA) is 91.6 Å². The number of rotatable bonds is 3. The Morgan fingerprint density at radius 1 is 1.11 bits per heavy atom. The third-order valence-electron chi connectivity index (χ3n) is 4.96. The molecular weight excluding hydrogens is 348 g/mol. The summed E-state index contributed by atoms with van der Waals surface area (Å²) in [7, 11) is 1.61. The fourth-order valence-electron chi connectivity index (χ4n) is 3.35. The Balaban J connectivity index is 1.42. The molecule has 27 heavy (non-hydrogen) atoms.